The van der Waals surface area contributed by atoms with Crippen molar-refractivity contribution in [2.24, 2.45) is 5.92 Å². The molecule has 1 aliphatic heterocycles. The molecule has 2 amide bonds. The summed E-state index contributed by atoms with van der Waals surface area (Å²) in [4.78, 5) is 38.3. The number of amides is 2. The quantitative estimate of drug-likeness (QED) is 0.351. The summed E-state index contributed by atoms with van der Waals surface area (Å²) in [6.45, 7) is 1.59. The maximum Gasteiger partial charge on any atom is 0.255 e. The first-order chi connectivity index (χ1) is 17.8. The SMILES string of the molecule is COc1cc(-c2ncnc3c(C(=O)N[C@@H]4CN(C(=O)CO)C[C@H]4O)c(C)[nH]c23)c(OCC2CC2)cc1F. The lowest BCUT2D eigenvalue weighted by atomic mass is 10.1. The summed E-state index contributed by atoms with van der Waals surface area (Å²) in [6.07, 6.45) is 2.48. The molecule has 2 atom stereocenters. The summed E-state index contributed by atoms with van der Waals surface area (Å²) in [5.41, 5.74) is 2.47. The van der Waals surface area contributed by atoms with Gasteiger partial charge in [0.05, 0.1) is 36.9 Å². The number of H-pyrrole nitrogens is 1. The maximum atomic E-state index is 14.5. The average molecular weight is 514 g/mol. The minimum absolute atomic E-state index is 0.0135. The molecule has 37 heavy (non-hydrogen) atoms. The van der Waals surface area contributed by atoms with Crippen LogP contribution in [0.15, 0.2) is 18.5 Å². The smallest absolute Gasteiger partial charge is 0.255 e. The fourth-order valence-electron chi connectivity index (χ4n) is 4.56. The van der Waals surface area contributed by atoms with E-state index in [9.17, 15) is 19.1 Å². The maximum absolute atomic E-state index is 14.5. The van der Waals surface area contributed by atoms with E-state index in [1.807, 2.05) is 0 Å². The Morgan fingerprint density at radius 2 is 2.03 bits per heavy atom. The van der Waals surface area contributed by atoms with Crippen LogP contribution in [0.1, 0.15) is 28.9 Å². The van der Waals surface area contributed by atoms with Gasteiger partial charge < -0.3 is 34.9 Å². The van der Waals surface area contributed by atoms with Crippen LogP contribution in [0, 0.1) is 18.7 Å². The van der Waals surface area contributed by atoms with Gasteiger partial charge in [0.2, 0.25) is 5.91 Å². The average Bonchev–Trinajstić information content (AvgIpc) is 3.55. The molecule has 2 aromatic heterocycles. The van der Waals surface area contributed by atoms with E-state index in [1.54, 1.807) is 6.92 Å². The first-order valence-electron chi connectivity index (χ1n) is 12.0. The highest BCUT2D eigenvalue weighted by molar-refractivity contribution is 6.09. The van der Waals surface area contributed by atoms with Gasteiger partial charge >= 0.3 is 0 Å². The zero-order valence-corrected chi connectivity index (χ0v) is 20.5. The number of aliphatic hydroxyl groups excluding tert-OH is 2. The Labute approximate surface area is 211 Å². The van der Waals surface area contributed by atoms with E-state index >= 15 is 0 Å². The van der Waals surface area contributed by atoms with Crippen LogP contribution in [0.5, 0.6) is 11.5 Å². The van der Waals surface area contributed by atoms with Crippen LogP contribution in [0.3, 0.4) is 0 Å². The second kappa shape index (κ2) is 9.94. The molecule has 1 saturated heterocycles. The number of hydrogen-bond acceptors (Lipinski definition) is 8. The molecule has 3 aromatic rings. The second-order valence-electron chi connectivity index (χ2n) is 9.41. The number of ether oxygens (including phenoxy) is 2. The fraction of sp³-hybridized carbons (Fsp3) is 0.440. The predicted molar refractivity (Wildman–Crippen MR) is 130 cm³/mol. The molecule has 196 valence electrons. The van der Waals surface area contributed by atoms with Gasteiger partial charge in [-0.1, -0.05) is 0 Å². The van der Waals surface area contributed by atoms with E-state index in [2.05, 4.69) is 20.3 Å². The third-order valence-electron chi connectivity index (χ3n) is 6.77. The van der Waals surface area contributed by atoms with Crippen molar-refractivity contribution in [2.45, 2.75) is 31.9 Å². The summed E-state index contributed by atoms with van der Waals surface area (Å²) < 4.78 is 25.7. The Balaban J connectivity index is 1.49. The molecule has 0 bridgehead atoms. The number of aryl methyl sites for hydroxylation is 1. The Bertz CT molecular complexity index is 1360. The number of carbonyl (C=O) groups is 2. The Morgan fingerprint density at radius 3 is 2.73 bits per heavy atom. The van der Waals surface area contributed by atoms with Gasteiger partial charge in [-0.25, -0.2) is 14.4 Å². The number of methoxy groups -OCH3 is 1. The lowest BCUT2D eigenvalue weighted by Gasteiger charge is -2.16. The number of hydrogen-bond donors (Lipinski definition) is 4. The Morgan fingerprint density at radius 1 is 1.24 bits per heavy atom. The molecule has 2 fully saturated rings. The number of nitrogens with zero attached hydrogens (tertiary/aromatic N) is 3. The number of aliphatic hydroxyl groups is 2. The number of benzene rings is 1. The molecular formula is C25H28FN5O6. The van der Waals surface area contributed by atoms with Gasteiger partial charge in [0.15, 0.2) is 11.6 Å². The van der Waals surface area contributed by atoms with Crippen molar-refractivity contribution >= 4 is 22.8 Å². The van der Waals surface area contributed by atoms with Crippen molar-refractivity contribution in [1.82, 2.24) is 25.2 Å². The minimum Gasteiger partial charge on any atom is -0.494 e. The molecule has 0 spiro atoms. The fourth-order valence-corrected chi connectivity index (χ4v) is 4.56. The molecule has 12 heteroatoms. The number of aromatic nitrogens is 3. The summed E-state index contributed by atoms with van der Waals surface area (Å²) in [6, 6.07) is 2.07. The van der Waals surface area contributed by atoms with Gasteiger partial charge in [-0.3, -0.25) is 9.59 Å². The van der Waals surface area contributed by atoms with Crippen LogP contribution >= 0.6 is 0 Å². The molecule has 5 rings (SSSR count). The van der Waals surface area contributed by atoms with Crippen LogP contribution in [0.4, 0.5) is 4.39 Å². The van der Waals surface area contributed by atoms with Gasteiger partial charge in [0.25, 0.3) is 5.91 Å². The van der Waals surface area contributed by atoms with Crippen LogP contribution in [0.25, 0.3) is 22.3 Å². The molecule has 3 heterocycles. The first kappa shape index (κ1) is 24.9. The predicted octanol–water partition coefficient (Wildman–Crippen LogP) is 1.16. The van der Waals surface area contributed by atoms with Crippen LogP contribution in [-0.4, -0.2) is 87.4 Å². The van der Waals surface area contributed by atoms with Gasteiger partial charge in [-0.05, 0) is 31.7 Å². The lowest BCUT2D eigenvalue weighted by molar-refractivity contribution is -0.133. The van der Waals surface area contributed by atoms with Crippen molar-refractivity contribution in [2.75, 3.05) is 33.4 Å². The topological polar surface area (TPSA) is 150 Å². The van der Waals surface area contributed by atoms with Gasteiger partial charge in [-0.2, -0.15) is 0 Å². The Kier molecular flexibility index (Phi) is 6.69. The largest absolute Gasteiger partial charge is 0.494 e. The van der Waals surface area contributed by atoms with E-state index in [4.69, 9.17) is 14.6 Å². The second-order valence-corrected chi connectivity index (χ2v) is 9.41. The van der Waals surface area contributed by atoms with E-state index in [-0.39, 0.29) is 24.4 Å². The standard InChI is InChI=1S/C25H28FN5O6/c1-12-21(25(35)30-16-7-31(8-17(16)33)20(34)9-32)23-24(29-12)22(27-11-28-23)14-5-19(36-2)15(26)6-18(14)37-10-13-3-4-13/h5-6,11,13,16-17,29,32-33H,3-4,7-10H2,1-2H3,(H,30,35)/t16-,17-/m1/s1. The van der Waals surface area contributed by atoms with Crippen LogP contribution in [-0.2, 0) is 4.79 Å². The third-order valence-corrected chi connectivity index (χ3v) is 6.77. The van der Waals surface area contributed by atoms with Gasteiger partial charge in [0, 0.05) is 30.4 Å². The molecule has 11 nitrogen and oxygen atoms in total. The van der Waals surface area contributed by atoms with Crippen molar-refractivity contribution in [1.29, 1.82) is 0 Å². The number of β-amino-alcohol motifs (C(OH)–C–C–N with tert-alkyl or cyclic N) is 1. The number of carbonyl (C=O) groups excluding carboxylic acids is 2. The highest BCUT2D eigenvalue weighted by atomic mass is 19.1. The molecule has 1 aromatic carbocycles. The van der Waals surface area contributed by atoms with E-state index < -0.39 is 36.4 Å². The lowest BCUT2D eigenvalue weighted by Crippen LogP contribution is -2.43. The van der Waals surface area contributed by atoms with Crippen molar-refractivity contribution in [3.05, 3.63) is 35.5 Å². The zero-order chi connectivity index (χ0) is 26.3. The normalized spacial score (nSPS) is 19.3. The minimum atomic E-state index is -0.979. The van der Waals surface area contributed by atoms with E-state index in [1.165, 1.54) is 30.5 Å². The monoisotopic (exact) mass is 513 g/mol. The molecular weight excluding hydrogens is 485 g/mol. The number of fused-ring (bicyclic) bond motifs is 1. The van der Waals surface area contributed by atoms with Crippen molar-refractivity contribution < 1.29 is 33.7 Å². The number of likely N-dealkylation sites (tertiary alicyclic amines) is 1. The summed E-state index contributed by atoms with van der Waals surface area (Å²) in [5, 5.41) is 22.2. The molecule has 1 aliphatic carbocycles. The number of nitrogens with one attached hydrogen (secondary N) is 2. The number of halogens is 1. The Hall–Kier alpha value is -3.77. The molecule has 0 unspecified atom stereocenters. The third kappa shape index (κ3) is 4.81. The summed E-state index contributed by atoms with van der Waals surface area (Å²) in [5.74, 6) is -0.788. The van der Waals surface area contributed by atoms with Gasteiger partial charge in [-0.15, -0.1) is 0 Å². The van der Waals surface area contributed by atoms with E-state index in [0.717, 1.165) is 12.8 Å². The number of rotatable bonds is 8. The van der Waals surface area contributed by atoms with Crippen LogP contribution < -0.4 is 14.8 Å². The summed E-state index contributed by atoms with van der Waals surface area (Å²) in [7, 11) is 1.37. The number of aromatic amines is 1. The summed E-state index contributed by atoms with van der Waals surface area (Å²) >= 11 is 0. The van der Waals surface area contributed by atoms with Crippen LogP contribution in [0.2, 0.25) is 0 Å². The highest BCUT2D eigenvalue weighted by Gasteiger charge is 2.35. The highest BCUT2D eigenvalue weighted by Crippen LogP contribution is 2.39. The van der Waals surface area contributed by atoms with Gasteiger partial charge in [0.1, 0.15) is 29.9 Å². The molecule has 0 radical (unpaired) electrons. The molecule has 4 N–H and O–H groups in total. The molecule has 2 aliphatic rings. The zero-order valence-electron chi connectivity index (χ0n) is 20.5. The van der Waals surface area contributed by atoms with Crippen molar-refractivity contribution in [3.8, 4) is 22.8 Å². The van der Waals surface area contributed by atoms with Crippen molar-refractivity contribution in [3.63, 3.8) is 0 Å². The molecule has 1 saturated carbocycles. The first-order valence-corrected chi connectivity index (χ1v) is 12.0. The van der Waals surface area contributed by atoms with E-state index in [0.29, 0.717) is 46.3 Å².